The zero-order valence-corrected chi connectivity index (χ0v) is 14.4. The topological polar surface area (TPSA) is 96.8 Å². The van der Waals surface area contributed by atoms with E-state index in [-0.39, 0.29) is 18.7 Å². The summed E-state index contributed by atoms with van der Waals surface area (Å²) in [6, 6.07) is 10.4. The number of H-pyrrole nitrogens is 1. The van der Waals surface area contributed by atoms with Crippen molar-refractivity contribution in [2.45, 2.75) is 13.1 Å². The predicted octanol–water partition coefficient (Wildman–Crippen LogP) is 1.56. The highest BCUT2D eigenvalue weighted by atomic mass is 35.5. The summed E-state index contributed by atoms with van der Waals surface area (Å²) < 4.78 is 0.947. The van der Waals surface area contributed by atoms with E-state index >= 15 is 0 Å². The predicted molar refractivity (Wildman–Crippen MR) is 97.3 cm³/mol. The Kier molecular flexibility index (Phi) is 5.28. The number of aromatic nitrogens is 3. The van der Waals surface area contributed by atoms with E-state index in [9.17, 15) is 14.4 Å². The first kappa shape index (κ1) is 17.6. The van der Waals surface area contributed by atoms with Gasteiger partial charge >= 0.3 is 5.69 Å². The fourth-order valence-electron chi connectivity index (χ4n) is 2.39. The molecule has 0 spiro atoms. The molecule has 0 fully saturated rings. The molecule has 2 heterocycles. The maximum atomic E-state index is 12.6. The van der Waals surface area contributed by atoms with Crippen LogP contribution < -0.4 is 16.6 Å². The van der Waals surface area contributed by atoms with Gasteiger partial charge in [0.25, 0.3) is 11.5 Å². The molecule has 7 nitrogen and oxygen atoms in total. The molecule has 0 saturated carbocycles. The third-order valence-electron chi connectivity index (χ3n) is 3.79. The quantitative estimate of drug-likeness (QED) is 0.712. The van der Waals surface area contributed by atoms with Crippen molar-refractivity contribution >= 4 is 17.5 Å². The minimum atomic E-state index is -0.680. The number of hydrogen-bond acceptors (Lipinski definition) is 4. The number of carbonyl (C=O) groups is 1. The number of halogens is 1. The summed E-state index contributed by atoms with van der Waals surface area (Å²) in [5.41, 5.74) is 0.0116. The Bertz CT molecular complexity index is 1040. The van der Waals surface area contributed by atoms with Gasteiger partial charge in [-0.1, -0.05) is 29.8 Å². The average molecular weight is 371 g/mol. The van der Waals surface area contributed by atoms with Crippen LogP contribution in [0.2, 0.25) is 5.02 Å². The van der Waals surface area contributed by atoms with Gasteiger partial charge in [-0.05, 0) is 29.3 Å². The van der Waals surface area contributed by atoms with Crippen molar-refractivity contribution < 1.29 is 4.79 Å². The summed E-state index contributed by atoms with van der Waals surface area (Å²) in [6.07, 6.45) is 4.34. The fourth-order valence-corrected chi connectivity index (χ4v) is 2.59. The lowest BCUT2D eigenvalue weighted by molar-refractivity contribution is 0.0948. The van der Waals surface area contributed by atoms with E-state index in [0.29, 0.717) is 10.6 Å². The highest BCUT2D eigenvalue weighted by molar-refractivity contribution is 6.31. The van der Waals surface area contributed by atoms with Gasteiger partial charge in [0.15, 0.2) is 0 Å². The van der Waals surface area contributed by atoms with Crippen LogP contribution in [0.15, 0.2) is 64.6 Å². The second-order valence-corrected chi connectivity index (χ2v) is 5.94. The number of benzene rings is 1. The SMILES string of the molecule is O=C(NCc1ccncc1)c1c[nH]c(=O)n(Cc2ccccc2Cl)c1=O. The second kappa shape index (κ2) is 7.79. The van der Waals surface area contributed by atoms with Crippen LogP contribution >= 0.6 is 11.6 Å². The molecule has 8 heteroatoms. The maximum Gasteiger partial charge on any atom is 0.328 e. The van der Waals surface area contributed by atoms with E-state index in [4.69, 9.17) is 11.6 Å². The lowest BCUT2D eigenvalue weighted by atomic mass is 10.2. The van der Waals surface area contributed by atoms with Crippen LogP contribution in [0.5, 0.6) is 0 Å². The van der Waals surface area contributed by atoms with Crippen molar-refractivity contribution in [3.8, 4) is 0 Å². The minimum absolute atomic E-state index is 0.0285. The van der Waals surface area contributed by atoms with Gasteiger partial charge in [0.2, 0.25) is 0 Å². The molecule has 26 heavy (non-hydrogen) atoms. The lowest BCUT2D eigenvalue weighted by Gasteiger charge is -2.09. The van der Waals surface area contributed by atoms with Gasteiger partial charge in [0, 0.05) is 30.2 Å². The van der Waals surface area contributed by atoms with Crippen molar-refractivity contribution in [2.24, 2.45) is 0 Å². The highest BCUT2D eigenvalue weighted by Gasteiger charge is 2.15. The summed E-state index contributed by atoms with van der Waals surface area (Å²) >= 11 is 6.09. The summed E-state index contributed by atoms with van der Waals surface area (Å²) in [5.74, 6) is -0.573. The van der Waals surface area contributed by atoms with Gasteiger partial charge in [0.05, 0.1) is 6.54 Å². The summed E-state index contributed by atoms with van der Waals surface area (Å²) in [6.45, 7) is 0.212. The molecule has 2 aromatic heterocycles. The van der Waals surface area contributed by atoms with Crippen molar-refractivity contribution in [3.05, 3.63) is 97.5 Å². The molecule has 0 bridgehead atoms. The van der Waals surface area contributed by atoms with Crippen LogP contribution in [0.4, 0.5) is 0 Å². The first-order chi connectivity index (χ1) is 12.6. The number of amides is 1. The fraction of sp³-hybridized carbons (Fsp3) is 0.111. The first-order valence-electron chi connectivity index (χ1n) is 7.79. The zero-order chi connectivity index (χ0) is 18.5. The van der Waals surface area contributed by atoms with Crippen LogP contribution in [0.3, 0.4) is 0 Å². The summed E-state index contributed by atoms with van der Waals surface area (Å²) in [5, 5.41) is 3.09. The molecular weight excluding hydrogens is 356 g/mol. The van der Waals surface area contributed by atoms with Crippen molar-refractivity contribution in [3.63, 3.8) is 0 Å². The van der Waals surface area contributed by atoms with Gasteiger partial charge in [-0.2, -0.15) is 0 Å². The normalized spacial score (nSPS) is 10.5. The average Bonchev–Trinajstić information content (AvgIpc) is 2.65. The molecule has 3 rings (SSSR count). The third-order valence-corrected chi connectivity index (χ3v) is 4.16. The summed E-state index contributed by atoms with van der Waals surface area (Å²) in [7, 11) is 0. The molecule has 0 radical (unpaired) electrons. The third kappa shape index (κ3) is 3.89. The molecular formula is C18H15ClN4O3. The molecule has 0 saturated heterocycles. The Morgan fingerprint density at radius 2 is 1.88 bits per heavy atom. The monoisotopic (exact) mass is 370 g/mol. The minimum Gasteiger partial charge on any atom is -0.348 e. The molecule has 0 aliphatic carbocycles. The standard InChI is InChI=1S/C18H15ClN4O3/c19-15-4-2-1-3-13(15)11-23-17(25)14(10-22-18(23)26)16(24)21-9-12-5-7-20-8-6-12/h1-8,10H,9,11H2,(H,21,24)(H,22,26). The number of pyridine rings is 1. The van der Waals surface area contributed by atoms with E-state index < -0.39 is 17.2 Å². The van der Waals surface area contributed by atoms with E-state index in [0.717, 1.165) is 16.3 Å². The van der Waals surface area contributed by atoms with Gasteiger partial charge < -0.3 is 10.3 Å². The van der Waals surface area contributed by atoms with Crippen molar-refractivity contribution in [2.75, 3.05) is 0 Å². The molecule has 132 valence electrons. The molecule has 0 aliphatic rings. The van der Waals surface area contributed by atoms with Gasteiger partial charge in [-0.25, -0.2) is 4.79 Å². The Labute approximate surface area is 153 Å². The molecule has 0 unspecified atom stereocenters. The molecule has 0 atom stereocenters. The summed E-state index contributed by atoms with van der Waals surface area (Å²) in [4.78, 5) is 43.3. The van der Waals surface area contributed by atoms with E-state index in [1.54, 1.807) is 48.8 Å². The van der Waals surface area contributed by atoms with Crippen LogP contribution in [0.1, 0.15) is 21.5 Å². The number of nitrogens with zero attached hydrogens (tertiary/aromatic N) is 2. The highest BCUT2D eigenvalue weighted by Crippen LogP contribution is 2.14. The molecule has 3 aromatic rings. The number of aromatic amines is 1. The van der Waals surface area contributed by atoms with Gasteiger partial charge in [-0.3, -0.25) is 19.1 Å². The number of hydrogen-bond donors (Lipinski definition) is 2. The maximum absolute atomic E-state index is 12.6. The largest absolute Gasteiger partial charge is 0.348 e. The van der Waals surface area contributed by atoms with Crippen molar-refractivity contribution in [1.29, 1.82) is 0 Å². The lowest BCUT2D eigenvalue weighted by Crippen LogP contribution is -2.40. The van der Waals surface area contributed by atoms with Crippen molar-refractivity contribution in [1.82, 2.24) is 19.9 Å². The van der Waals surface area contributed by atoms with E-state index in [1.807, 2.05) is 0 Å². The van der Waals surface area contributed by atoms with Gasteiger partial charge in [0.1, 0.15) is 5.56 Å². The zero-order valence-electron chi connectivity index (χ0n) is 13.6. The first-order valence-corrected chi connectivity index (χ1v) is 8.17. The van der Waals surface area contributed by atoms with E-state index in [1.165, 1.54) is 0 Å². The Balaban J connectivity index is 1.85. The van der Waals surface area contributed by atoms with Crippen LogP contribution in [0.25, 0.3) is 0 Å². The Morgan fingerprint density at radius 1 is 1.15 bits per heavy atom. The van der Waals surface area contributed by atoms with Crippen LogP contribution in [-0.2, 0) is 13.1 Å². The van der Waals surface area contributed by atoms with Crippen LogP contribution in [-0.4, -0.2) is 20.4 Å². The number of nitrogens with one attached hydrogen (secondary N) is 2. The molecule has 0 aliphatic heterocycles. The van der Waals surface area contributed by atoms with Gasteiger partial charge in [-0.15, -0.1) is 0 Å². The van der Waals surface area contributed by atoms with E-state index in [2.05, 4.69) is 15.3 Å². The Morgan fingerprint density at radius 3 is 2.62 bits per heavy atom. The Hall–Kier alpha value is -3.19. The number of rotatable bonds is 5. The molecule has 1 amide bonds. The van der Waals surface area contributed by atoms with Crippen LogP contribution in [0, 0.1) is 0 Å². The number of carbonyl (C=O) groups excluding carboxylic acids is 1. The smallest absolute Gasteiger partial charge is 0.328 e. The molecule has 1 aromatic carbocycles. The molecule has 2 N–H and O–H groups in total. The second-order valence-electron chi connectivity index (χ2n) is 5.53.